The Kier molecular flexibility index (Phi) is 4.78. The fourth-order valence-corrected chi connectivity index (χ4v) is 2.81. The molecule has 0 radical (unpaired) electrons. The standard InChI is InChI=1S/C14H19BrN2O/c1-17(10-11-4-2-6-13(15)8-11)14(18)12-5-3-7-16-9-12/h2,4,6,8,12,16H,3,5,7,9-10H2,1H3/t12-/m0/s1. The second kappa shape index (κ2) is 6.34. The molecule has 2 rings (SSSR count). The molecule has 1 aliphatic heterocycles. The highest BCUT2D eigenvalue weighted by atomic mass is 79.9. The Morgan fingerprint density at radius 1 is 1.56 bits per heavy atom. The van der Waals surface area contributed by atoms with Crippen LogP contribution in [0.5, 0.6) is 0 Å². The summed E-state index contributed by atoms with van der Waals surface area (Å²) in [5, 5.41) is 3.29. The Labute approximate surface area is 117 Å². The van der Waals surface area contributed by atoms with Gasteiger partial charge in [0.1, 0.15) is 0 Å². The molecule has 1 aromatic rings. The Bertz CT molecular complexity index is 416. The number of carbonyl (C=O) groups is 1. The SMILES string of the molecule is CN(Cc1cccc(Br)c1)C(=O)[C@H]1CCCNC1. The van der Waals surface area contributed by atoms with Crippen LogP contribution in [0.15, 0.2) is 28.7 Å². The minimum Gasteiger partial charge on any atom is -0.341 e. The lowest BCUT2D eigenvalue weighted by molar-refractivity contribution is -0.135. The largest absolute Gasteiger partial charge is 0.341 e. The van der Waals surface area contributed by atoms with E-state index >= 15 is 0 Å². The molecule has 3 nitrogen and oxygen atoms in total. The first kappa shape index (κ1) is 13.6. The van der Waals surface area contributed by atoms with Gasteiger partial charge in [-0.05, 0) is 37.1 Å². The van der Waals surface area contributed by atoms with E-state index in [1.807, 2.05) is 30.1 Å². The maximum absolute atomic E-state index is 12.3. The molecule has 0 unspecified atom stereocenters. The smallest absolute Gasteiger partial charge is 0.227 e. The predicted octanol–water partition coefficient (Wildman–Crippen LogP) is 2.41. The number of benzene rings is 1. The van der Waals surface area contributed by atoms with Crippen LogP contribution in [-0.2, 0) is 11.3 Å². The molecule has 98 valence electrons. The maximum Gasteiger partial charge on any atom is 0.227 e. The zero-order valence-electron chi connectivity index (χ0n) is 10.7. The highest BCUT2D eigenvalue weighted by molar-refractivity contribution is 9.10. The molecular formula is C14H19BrN2O. The number of hydrogen-bond acceptors (Lipinski definition) is 2. The highest BCUT2D eigenvalue weighted by Gasteiger charge is 2.23. The molecule has 1 aliphatic rings. The fourth-order valence-electron chi connectivity index (χ4n) is 2.36. The number of hydrogen-bond donors (Lipinski definition) is 1. The minimum absolute atomic E-state index is 0.149. The van der Waals surface area contributed by atoms with Crippen molar-refractivity contribution >= 4 is 21.8 Å². The zero-order valence-corrected chi connectivity index (χ0v) is 12.2. The summed E-state index contributed by atoms with van der Waals surface area (Å²) in [6.45, 7) is 2.54. The van der Waals surface area contributed by atoms with Crippen molar-refractivity contribution in [2.45, 2.75) is 19.4 Å². The van der Waals surface area contributed by atoms with E-state index < -0.39 is 0 Å². The van der Waals surface area contributed by atoms with E-state index in [0.717, 1.165) is 36.0 Å². The highest BCUT2D eigenvalue weighted by Crippen LogP contribution is 2.16. The van der Waals surface area contributed by atoms with Gasteiger partial charge in [-0.2, -0.15) is 0 Å². The Morgan fingerprint density at radius 2 is 2.39 bits per heavy atom. The molecule has 0 aromatic heterocycles. The fraction of sp³-hybridized carbons (Fsp3) is 0.500. The van der Waals surface area contributed by atoms with Gasteiger partial charge in [0, 0.05) is 24.6 Å². The molecule has 1 atom stereocenters. The molecule has 1 heterocycles. The van der Waals surface area contributed by atoms with Crippen LogP contribution in [0.1, 0.15) is 18.4 Å². The van der Waals surface area contributed by atoms with Crippen LogP contribution in [0.25, 0.3) is 0 Å². The third-order valence-corrected chi connectivity index (χ3v) is 3.82. The van der Waals surface area contributed by atoms with E-state index in [0.29, 0.717) is 6.54 Å². The normalized spacial score (nSPS) is 19.6. The van der Waals surface area contributed by atoms with E-state index in [-0.39, 0.29) is 11.8 Å². The Morgan fingerprint density at radius 3 is 3.06 bits per heavy atom. The van der Waals surface area contributed by atoms with Crippen molar-refractivity contribution in [3.05, 3.63) is 34.3 Å². The van der Waals surface area contributed by atoms with Crippen molar-refractivity contribution in [1.29, 1.82) is 0 Å². The van der Waals surface area contributed by atoms with Crippen molar-refractivity contribution < 1.29 is 4.79 Å². The molecular weight excluding hydrogens is 292 g/mol. The van der Waals surface area contributed by atoms with Gasteiger partial charge in [0.25, 0.3) is 0 Å². The van der Waals surface area contributed by atoms with E-state index in [2.05, 4.69) is 27.3 Å². The van der Waals surface area contributed by atoms with Crippen molar-refractivity contribution in [3.8, 4) is 0 Å². The number of amides is 1. The molecule has 1 aromatic carbocycles. The number of piperidine rings is 1. The van der Waals surface area contributed by atoms with Gasteiger partial charge in [0.2, 0.25) is 5.91 Å². The van der Waals surface area contributed by atoms with Gasteiger partial charge in [0.15, 0.2) is 0 Å². The van der Waals surface area contributed by atoms with Gasteiger partial charge in [0.05, 0.1) is 5.92 Å². The third kappa shape index (κ3) is 3.56. The lowest BCUT2D eigenvalue weighted by atomic mass is 9.98. The molecule has 1 saturated heterocycles. The predicted molar refractivity (Wildman–Crippen MR) is 76.2 cm³/mol. The summed E-state index contributed by atoms with van der Waals surface area (Å²) in [7, 11) is 1.89. The molecule has 1 N–H and O–H groups in total. The maximum atomic E-state index is 12.3. The molecule has 1 amide bonds. The van der Waals surface area contributed by atoms with Crippen LogP contribution in [0.4, 0.5) is 0 Å². The number of rotatable bonds is 3. The topological polar surface area (TPSA) is 32.3 Å². The molecule has 4 heteroatoms. The van der Waals surface area contributed by atoms with Gasteiger partial charge in [-0.25, -0.2) is 0 Å². The van der Waals surface area contributed by atoms with Crippen molar-refractivity contribution in [2.75, 3.05) is 20.1 Å². The molecule has 18 heavy (non-hydrogen) atoms. The number of halogens is 1. The van der Waals surface area contributed by atoms with Crippen molar-refractivity contribution in [1.82, 2.24) is 10.2 Å². The van der Waals surface area contributed by atoms with Crippen LogP contribution in [-0.4, -0.2) is 30.9 Å². The van der Waals surface area contributed by atoms with Gasteiger partial charge in [-0.1, -0.05) is 28.1 Å². The van der Waals surface area contributed by atoms with Crippen LogP contribution in [0.3, 0.4) is 0 Å². The lowest BCUT2D eigenvalue weighted by Crippen LogP contribution is -2.41. The molecule has 0 spiro atoms. The van der Waals surface area contributed by atoms with Gasteiger partial charge >= 0.3 is 0 Å². The molecule has 1 fully saturated rings. The summed E-state index contributed by atoms with van der Waals surface area (Å²) in [6.07, 6.45) is 2.11. The average molecular weight is 311 g/mol. The average Bonchev–Trinajstić information content (AvgIpc) is 2.39. The van der Waals surface area contributed by atoms with Crippen molar-refractivity contribution in [2.24, 2.45) is 5.92 Å². The first-order valence-corrected chi connectivity index (χ1v) is 7.16. The summed E-state index contributed by atoms with van der Waals surface area (Å²) in [5.74, 6) is 0.401. The van der Waals surface area contributed by atoms with Gasteiger partial charge < -0.3 is 10.2 Å². The zero-order chi connectivity index (χ0) is 13.0. The quantitative estimate of drug-likeness (QED) is 0.930. The van der Waals surface area contributed by atoms with E-state index in [1.165, 1.54) is 0 Å². The van der Waals surface area contributed by atoms with Gasteiger partial charge in [-0.15, -0.1) is 0 Å². The number of nitrogens with one attached hydrogen (secondary N) is 1. The van der Waals surface area contributed by atoms with E-state index in [9.17, 15) is 4.79 Å². The first-order chi connectivity index (χ1) is 8.66. The molecule has 0 aliphatic carbocycles. The van der Waals surface area contributed by atoms with Gasteiger partial charge in [-0.3, -0.25) is 4.79 Å². The monoisotopic (exact) mass is 310 g/mol. The third-order valence-electron chi connectivity index (χ3n) is 3.33. The van der Waals surface area contributed by atoms with Crippen LogP contribution in [0.2, 0.25) is 0 Å². The summed E-state index contributed by atoms with van der Waals surface area (Å²) in [4.78, 5) is 14.1. The minimum atomic E-state index is 0.149. The van der Waals surface area contributed by atoms with Crippen LogP contribution >= 0.6 is 15.9 Å². The van der Waals surface area contributed by atoms with E-state index in [4.69, 9.17) is 0 Å². The summed E-state index contributed by atoms with van der Waals surface area (Å²) in [6, 6.07) is 8.10. The number of nitrogens with zero attached hydrogens (tertiary/aromatic N) is 1. The summed E-state index contributed by atoms with van der Waals surface area (Å²) in [5.41, 5.74) is 1.16. The van der Waals surface area contributed by atoms with Crippen LogP contribution in [0, 0.1) is 5.92 Å². The number of carbonyl (C=O) groups excluding carboxylic acids is 1. The molecule has 0 bridgehead atoms. The first-order valence-electron chi connectivity index (χ1n) is 6.37. The summed E-state index contributed by atoms with van der Waals surface area (Å²) < 4.78 is 1.06. The second-order valence-electron chi connectivity index (χ2n) is 4.87. The summed E-state index contributed by atoms with van der Waals surface area (Å²) >= 11 is 3.45. The lowest BCUT2D eigenvalue weighted by Gasteiger charge is -2.27. The van der Waals surface area contributed by atoms with Crippen molar-refractivity contribution in [3.63, 3.8) is 0 Å². The Hall–Kier alpha value is -0.870. The Balaban J connectivity index is 1.94. The second-order valence-corrected chi connectivity index (χ2v) is 5.78. The molecule has 0 saturated carbocycles. The van der Waals surface area contributed by atoms with E-state index in [1.54, 1.807) is 0 Å². The van der Waals surface area contributed by atoms with Crippen LogP contribution < -0.4 is 5.32 Å².